The van der Waals surface area contributed by atoms with Gasteiger partial charge in [-0.3, -0.25) is 4.79 Å². The molecule has 0 aromatic heterocycles. The Morgan fingerprint density at radius 3 is 2.19 bits per heavy atom. The zero-order valence-corrected chi connectivity index (χ0v) is 13.6. The number of nitrogens with one attached hydrogen (secondary N) is 1. The van der Waals surface area contributed by atoms with Crippen molar-refractivity contribution in [2.45, 2.75) is 0 Å². The number of para-hydroxylation sites is 1. The summed E-state index contributed by atoms with van der Waals surface area (Å²) in [4.78, 5) is 11.9. The van der Waals surface area contributed by atoms with Gasteiger partial charge in [-0.15, -0.1) is 0 Å². The Morgan fingerprint density at radius 1 is 0.905 bits per heavy atom. The number of amides is 1. The molecule has 0 aliphatic heterocycles. The summed E-state index contributed by atoms with van der Waals surface area (Å²) in [6, 6.07) is 10.1. The van der Waals surface area contributed by atoms with E-state index in [0.29, 0.717) is 25.8 Å². The summed E-state index contributed by atoms with van der Waals surface area (Å²) in [7, 11) is 0. The average Bonchev–Trinajstić information content (AvgIpc) is 2.44. The first-order valence-corrected chi connectivity index (χ1v) is 7.36. The summed E-state index contributed by atoms with van der Waals surface area (Å²) in [6.07, 6.45) is 2.97. The molecule has 0 heterocycles. The Kier molecular flexibility index (Phi) is 5.54. The van der Waals surface area contributed by atoms with Gasteiger partial charge in [-0.2, -0.15) is 0 Å². The Hall–Kier alpha value is -1.19. The van der Waals surface area contributed by atoms with Gasteiger partial charge in [0.2, 0.25) is 5.91 Å². The van der Waals surface area contributed by atoms with Gasteiger partial charge in [0, 0.05) is 6.08 Å². The predicted molar refractivity (Wildman–Crippen MR) is 90.6 cm³/mol. The number of hydrogen-bond donors (Lipinski definition) is 1. The lowest BCUT2D eigenvalue weighted by Crippen LogP contribution is -2.08. The van der Waals surface area contributed by atoms with Gasteiger partial charge in [-0.1, -0.05) is 58.5 Å². The van der Waals surface area contributed by atoms with Crippen LogP contribution in [0.25, 0.3) is 6.08 Å². The molecule has 0 aliphatic carbocycles. The highest BCUT2D eigenvalue weighted by Gasteiger charge is 2.07. The molecule has 2 aromatic rings. The Morgan fingerprint density at radius 2 is 1.57 bits per heavy atom. The number of carbonyl (C=O) groups is 1. The zero-order valence-electron chi connectivity index (χ0n) is 10.5. The first kappa shape index (κ1) is 16.2. The SMILES string of the molecule is O=C(C=Cc1ccc(Cl)c(Cl)c1)Nc1c(Cl)cccc1Cl. The number of rotatable bonds is 3. The molecule has 0 saturated carbocycles. The van der Waals surface area contributed by atoms with E-state index in [1.54, 1.807) is 42.5 Å². The van der Waals surface area contributed by atoms with Gasteiger partial charge in [0.25, 0.3) is 0 Å². The Balaban J connectivity index is 2.11. The Labute approximate surface area is 142 Å². The standard InChI is InChI=1S/C15H9Cl4NO/c16-10-6-4-9(8-13(10)19)5-7-14(21)20-15-11(17)2-1-3-12(15)18/h1-8H,(H,20,21). The quantitative estimate of drug-likeness (QED) is 0.673. The molecule has 2 rings (SSSR count). The van der Waals surface area contributed by atoms with Crippen molar-refractivity contribution in [3.63, 3.8) is 0 Å². The highest BCUT2D eigenvalue weighted by molar-refractivity contribution is 6.42. The molecule has 1 amide bonds. The van der Waals surface area contributed by atoms with Crippen LogP contribution in [0.5, 0.6) is 0 Å². The number of anilines is 1. The molecular weight excluding hydrogens is 352 g/mol. The van der Waals surface area contributed by atoms with Gasteiger partial charge >= 0.3 is 0 Å². The van der Waals surface area contributed by atoms with Gasteiger partial charge in [0.15, 0.2) is 0 Å². The minimum absolute atomic E-state index is 0.351. The molecule has 0 fully saturated rings. The molecule has 0 aliphatic rings. The molecule has 0 spiro atoms. The van der Waals surface area contributed by atoms with E-state index in [-0.39, 0.29) is 5.91 Å². The van der Waals surface area contributed by atoms with E-state index in [1.165, 1.54) is 6.08 Å². The van der Waals surface area contributed by atoms with Crippen LogP contribution in [-0.2, 0) is 4.79 Å². The third-order valence-electron chi connectivity index (χ3n) is 2.58. The van der Waals surface area contributed by atoms with Gasteiger partial charge in [0.1, 0.15) is 0 Å². The number of carbonyl (C=O) groups excluding carboxylic acids is 1. The summed E-state index contributed by atoms with van der Waals surface area (Å²) < 4.78 is 0. The third kappa shape index (κ3) is 4.39. The first-order valence-electron chi connectivity index (χ1n) is 5.85. The molecule has 0 atom stereocenters. The second-order valence-corrected chi connectivity index (χ2v) is 5.72. The van der Waals surface area contributed by atoms with Crippen molar-refractivity contribution in [3.8, 4) is 0 Å². The zero-order chi connectivity index (χ0) is 15.4. The number of hydrogen-bond acceptors (Lipinski definition) is 1. The van der Waals surface area contributed by atoms with Crippen LogP contribution >= 0.6 is 46.4 Å². The van der Waals surface area contributed by atoms with Crippen LogP contribution < -0.4 is 5.32 Å². The van der Waals surface area contributed by atoms with Crippen molar-refractivity contribution in [2.75, 3.05) is 5.32 Å². The fourth-order valence-corrected chi connectivity index (χ4v) is 2.37. The van der Waals surface area contributed by atoms with E-state index in [2.05, 4.69) is 5.32 Å². The average molecular weight is 361 g/mol. The lowest BCUT2D eigenvalue weighted by atomic mass is 10.2. The lowest BCUT2D eigenvalue weighted by molar-refractivity contribution is -0.111. The summed E-state index contributed by atoms with van der Waals surface area (Å²) in [5, 5.41) is 4.26. The molecule has 108 valence electrons. The van der Waals surface area contributed by atoms with E-state index in [9.17, 15) is 4.79 Å². The Bertz CT molecular complexity index is 693. The summed E-state index contributed by atoms with van der Waals surface area (Å²) in [6.45, 7) is 0. The fraction of sp³-hybridized carbons (Fsp3) is 0. The summed E-state index contributed by atoms with van der Waals surface area (Å²) in [5.74, 6) is -0.351. The van der Waals surface area contributed by atoms with Gasteiger partial charge in [-0.25, -0.2) is 0 Å². The van der Waals surface area contributed by atoms with Crippen molar-refractivity contribution in [1.29, 1.82) is 0 Å². The maximum Gasteiger partial charge on any atom is 0.248 e. The topological polar surface area (TPSA) is 29.1 Å². The second-order valence-electron chi connectivity index (χ2n) is 4.09. The van der Waals surface area contributed by atoms with E-state index in [0.717, 1.165) is 5.56 Å². The fourth-order valence-electron chi connectivity index (χ4n) is 1.57. The van der Waals surface area contributed by atoms with Crippen molar-refractivity contribution >= 4 is 64.1 Å². The van der Waals surface area contributed by atoms with Crippen LogP contribution in [0.3, 0.4) is 0 Å². The third-order valence-corrected chi connectivity index (χ3v) is 3.95. The molecule has 0 bridgehead atoms. The monoisotopic (exact) mass is 359 g/mol. The van der Waals surface area contributed by atoms with Crippen molar-refractivity contribution in [2.24, 2.45) is 0 Å². The first-order chi connectivity index (χ1) is 9.97. The van der Waals surface area contributed by atoms with Gasteiger partial charge in [0.05, 0.1) is 25.8 Å². The summed E-state index contributed by atoms with van der Waals surface area (Å²) >= 11 is 23.7. The minimum Gasteiger partial charge on any atom is -0.320 e. The van der Waals surface area contributed by atoms with Crippen LogP contribution in [0.4, 0.5) is 5.69 Å². The highest BCUT2D eigenvalue weighted by Crippen LogP contribution is 2.29. The van der Waals surface area contributed by atoms with Gasteiger partial charge < -0.3 is 5.32 Å². The maximum atomic E-state index is 11.9. The number of halogens is 4. The van der Waals surface area contributed by atoms with Gasteiger partial charge in [-0.05, 0) is 35.9 Å². The molecule has 21 heavy (non-hydrogen) atoms. The van der Waals surface area contributed by atoms with Crippen molar-refractivity contribution < 1.29 is 4.79 Å². The van der Waals surface area contributed by atoms with Crippen molar-refractivity contribution in [1.82, 2.24) is 0 Å². The van der Waals surface area contributed by atoms with E-state index in [4.69, 9.17) is 46.4 Å². The van der Waals surface area contributed by atoms with Crippen LogP contribution in [-0.4, -0.2) is 5.91 Å². The largest absolute Gasteiger partial charge is 0.320 e. The second kappa shape index (κ2) is 7.19. The van der Waals surface area contributed by atoms with Crippen molar-refractivity contribution in [3.05, 3.63) is 68.1 Å². The maximum absolute atomic E-state index is 11.9. The highest BCUT2D eigenvalue weighted by atomic mass is 35.5. The molecule has 6 heteroatoms. The molecule has 0 saturated heterocycles. The lowest BCUT2D eigenvalue weighted by Gasteiger charge is -2.06. The summed E-state index contributed by atoms with van der Waals surface area (Å²) in [5.41, 5.74) is 1.13. The number of benzene rings is 2. The van der Waals surface area contributed by atoms with Crippen LogP contribution in [0.1, 0.15) is 5.56 Å². The van der Waals surface area contributed by atoms with E-state index >= 15 is 0 Å². The molecule has 0 radical (unpaired) electrons. The predicted octanol–water partition coefficient (Wildman–Crippen LogP) is 5.95. The molecule has 2 aromatic carbocycles. The molecule has 0 unspecified atom stereocenters. The molecular formula is C15H9Cl4NO. The molecule has 2 nitrogen and oxygen atoms in total. The van der Waals surface area contributed by atoms with Crippen LogP contribution in [0.2, 0.25) is 20.1 Å². The minimum atomic E-state index is -0.351. The van der Waals surface area contributed by atoms with Crippen LogP contribution in [0, 0.1) is 0 Å². The van der Waals surface area contributed by atoms with E-state index < -0.39 is 0 Å². The molecule has 1 N–H and O–H groups in total. The normalized spacial score (nSPS) is 10.9. The smallest absolute Gasteiger partial charge is 0.248 e. The van der Waals surface area contributed by atoms with E-state index in [1.807, 2.05) is 0 Å². The van der Waals surface area contributed by atoms with Crippen LogP contribution in [0.15, 0.2) is 42.5 Å².